The lowest BCUT2D eigenvalue weighted by molar-refractivity contribution is 0.0754. The molecule has 2 aromatic rings. The fourth-order valence-electron chi connectivity index (χ4n) is 3.86. The van der Waals surface area contributed by atoms with Crippen LogP contribution in [0.5, 0.6) is 0 Å². The Balaban J connectivity index is 1.55. The van der Waals surface area contributed by atoms with Gasteiger partial charge < -0.3 is 9.32 Å². The van der Waals surface area contributed by atoms with E-state index >= 15 is 0 Å². The normalized spacial score (nSPS) is 21.3. The number of hydrogen-bond acceptors (Lipinski definition) is 7. The zero-order chi connectivity index (χ0) is 19.7. The van der Waals surface area contributed by atoms with Crippen LogP contribution in [0.2, 0.25) is 0 Å². The SMILES string of the molecule is CC[C@H]1CCCCN1S(=O)(=O)c1cc(-c2nnc(C(=O)N3CCCC3)o2)cs1. The van der Waals surface area contributed by atoms with Crippen LogP contribution in [0.15, 0.2) is 20.1 Å². The maximum atomic E-state index is 13.1. The molecule has 10 heteroatoms. The molecule has 2 fully saturated rings. The third-order valence-electron chi connectivity index (χ3n) is 5.43. The maximum Gasteiger partial charge on any atom is 0.311 e. The van der Waals surface area contributed by atoms with Crippen LogP contribution in [-0.4, -0.2) is 59.4 Å². The van der Waals surface area contributed by atoms with Gasteiger partial charge in [-0.2, -0.15) is 4.31 Å². The Morgan fingerprint density at radius 3 is 2.71 bits per heavy atom. The topological polar surface area (TPSA) is 96.6 Å². The van der Waals surface area contributed by atoms with E-state index in [1.54, 1.807) is 20.7 Å². The van der Waals surface area contributed by atoms with E-state index in [1.807, 2.05) is 6.92 Å². The lowest BCUT2D eigenvalue weighted by atomic mass is 10.0. The van der Waals surface area contributed by atoms with E-state index in [1.165, 1.54) is 0 Å². The molecule has 2 aliphatic heterocycles. The first kappa shape index (κ1) is 19.5. The van der Waals surface area contributed by atoms with Crippen LogP contribution in [0.1, 0.15) is 56.1 Å². The predicted octanol–water partition coefficient (Wildman–Crippen LogP) is 2.99. The Labute approximate surface area is 168 Å². The molecule has 28 heavy (non-hydrogen) atoms. The van der Waals surface area contributed by atoms with Crippen molar-refractivity contribution >= 4 is 27.3 Å². The number of piperidine rings is 1. The molecule has 0 saturated carbocycles. The molecule has 152 valence electrons. The van der Waals surface area contributed by atoms with Crippen molar-refractivity contribution in [2.45, 2.75) is 55.7 Å². The van der Waals surface area contributed by atoms with Crippen molar-refractivity contribution in [3.05, 3.63) is 17.3 Å². The summed E-state index contributed by atoms with van der Waals surface area (Å²) < 4.78 is 33.6. The van der Waals surface area contributed by atoms with Gasteiger partial charge in [0.15, 0.2) is 0 Å². The number of sulfonamides is 1. The van der Waals surface area contributed by atoms with E-state index in [0.717, 1.165) is 49.9 Å². The highest BCUT2D eigenvalue weighted by atomic mass is 32.2. The molecule has 1 amide bonds. The van der Waals surface area contributed by atoms with E-state index in [0.29, 0.717) is 25.2 Å². The summed E-state index contributed by atoms with van der Waals surface area (Å²) in [5.41, 5.74) is 0.529. The van der Waals surface area contributed by atoms with Crippen LogP contribution in [-0.2, 0) is 10.0 Å². The van der Waals surface area contributed by atoms with E-state index < -0.39 is 10.0 Å². The zero-order valence-electron chi connectivity index (χ0n) is 15.8. The van der Waals surface area contributed by atoms with Crippen LogP contribution in [0.25, 0.3) is 11.5 Å². The van der Waals surface area contributed by atoms with Crippen molar-refractivity contribution in [1.29, 1.82) is 0 Å². The first-order chi connectivity index (χ1) is 13.5. The van der Waals surface area contributed by atoms with Gasteiger partial charge in [-0.25, -0.2) is 8.42 Å². The minimum atomic E-state index is -3.55. The van der Waals surface area contributed by atoms with Crippen molar-refractivity contribution in [1.82, 2.24) is 19.4 Å². The molecule has 8 nitrogen and oxygen atoms in total. The summed E-state index contributed by atoms with van der Waals surface area (Å²) in [5.74, 6) is -0.140. The number of carbonyl (C=O) groups is 1. The highest BCUT2D eigenvalue weighted by molar-refractivity contribution is 7.91. The van der Waals surface area contributed by atoms with E-state index in [2.05, 4.69) is 10.2 Å². The molecule has 2 aromatic heterocycles. The number of aromatic nitrogens is 2. The molecule has 0 unspecified atom stereocenters. The van der Waals surface area contributed by atoms with E-state index in [-0.39, 0.29) is 27.9 Å². The molecule has 0 spiro atoms. The van der Waals surface area contributed by atoms with Crippen molar-refractivity contribution < 1.29 is 17.6 Å². The molecule has 2 saturated heterocycles. The lowest BCUT2D eigenvalue weighted by Crippen LogP contribution is -2.42. The van der Waals surface area contributed by atoms with E-state index in [4.69, 9.17) is 4.42 Å². The molecule has 4 rings (SSSR count). The third kappa shape index (κ3) is 3.60. The Morgan fingerprint density at radius 1 is 1.21 bits per heavy atom. The average Bonchev–Trinajstić information content (AvgIpc) is 3.48. The lowest BCUT2D eigenvalue weighted by Gasteiger charge is -2.33. The second-order valence-electron chi connectivity index (χ2n) is 7.24. The van der Waals surface area contributed by atoms with Crippen molar-refractivity contribution in [3.63, 3.8) is 0 Å². The Hall–Kier alpha value is -1.78. The number of likely N-dealkylation sites (tertiary alicyclic amines) is 1. The quantitative estimate of drug-likeness (QED) is 0.732. The monoisotopic (exact) mass is 424 g/mol. The van der Waals surface area contributed by atoms with E-state index in [9.17, 15) is 13.2 Å². The summed E-state index contributed by atoms with van der Waals surface area (Å²) in [5, 5.41) is 9.50. The summed E-state index contributed by atoms with van der Waals surface area (Å²) >= 11 is 1.15. The first-order valence-electron chi connectivity index (χ1n) is 9.74. The second kappa shape index (κ2) is 7.92. The van der Waals surface area contributed by atoms with Gasteiger partial charge in [0.2, 0.25) is 5.89 Å². The number of carbonyl (C=O) groups excluding carboxylic acids is 1. The van der Waals surface area contributed by atoms with Gasteiger partial charge in [-0.15, -0.1) is 21.5 Å². The molecule has 0 aromatic carbocycles. The largest absolute Gasteiger partial charge is 0.412 e. The highest BCUT2D eigenvalue weighted by Gasteiger charge is 2.34. The smallest absolute Gasteiger partial charge is 0.311 e. The summed E-state index contributed by atoms with van der Waals surface area (Å²) in [6.07, 6.45) is 5.62. The molecule has 0 aliphatic carbocycles. The highest BCUT2D eigenvalue weighted by Crippen LogP contribution is 2.33. The summed E-state index contributed by atoms with van der Waals surface area (Å²) in [4.78, 5) is 14.1. The van der Waals surface area contributed by atoms with Crippen LogP contribution in [0, 0.1) is 0 Å². The van der Waals surface area contributed by atoms with Gasteiger partial charge in [-0.3, -0.25) is 4.79 Å². The number of thiophene rings is 1. The van der Waals surface area contributed by atoms with Gasteiger partial charge in [-0.05, 0) is 38.2 Å². The minimum Gasteiger partial charge on any atom is -0.412 e. The molecule has 4 heterocycles. The van der Waals surface area contributed by atoms with Gasteiger partial charge in [0.05, 0.1) is 5.56 Å². The summed E-state index contributed by atoms with van der Waals surface area (Å²) in [6, 6.07) is 1.62. The van der Waals surface area contributed by atoms with Crippen molar-refractivity contribution in [3.8, 4) is 11.5 Å². The molecule has 1 atom stereocenters. The minimum absolute atomic E-state index is 0.0467. The molecular formula is C18H24N4O4S2. The average molecular weight is 425 g/mol. The van der Waals surface area contributed by atoms with Crippen molar-refractivity contribution in [2.24, 2.45) is 0 Å². The first-order valence-corrected chi connectivity index (χ1v) is 12.1. The van der Waals surface area contributed by atoms with Crippen LogP contribution < -0.4 is 0 Å². The Morgan fingerprint density at radius 2 is 1.96 bits per heavy atom. The standard InChI is InChI=1S/C18H24N4O4S2/c1-2-14-7-3-4-10-22(14)28(24,25)15-11-13(12-27-15)16-19-20-17(26-16)18(23)21-8-5-6-9-21/h11-12,14H,2-10H2,1H3/t14-/m0/s1. The fourth-order valence-corrected chi connectivity index (χ4v) is 6.91. The summed E-state index contributed by atoms with van der Waals surface area (Å²) in [6.45, 7) is 3.98. The van der Waals surface area contributed by atoms with Gasteiger partial charge >= 0.3 is 11.8 Å². The Bertz CT molecular complexity index is 946. The van der Waals surface area contributed by atoms with Gasteiger partial charge in [0, 0.05) is 31.1 Å². The molecule has 0 N–H and O–H groups in total. The van der Waals surface area contributed by atoms with Crippen LogP contribution in [0.3, 0.4) is 0 Å². The fraction of sp³-hybridized carbons (Fsp3) is 0.611. The summed E-state index contributed by atoms with van der Waals surface area (Å²) in [7, 11) is -3.55. The Kier molecular flexibility index (Phi) is 5.52. The number of rotatable bonds is 5. The third-order valence-corrected chi connectivity index (χ3v) is 8.80. The maximum absolute atomic E-state index is 13.1. The van der Waals surface area contributed by atoms with Crippen LogP contribution in [0.4, 0.5) is 0 Å². The number of nitrogens with zero attached hydrogens (tertiary/aromatic N) is 4. The number of amides is 1. The van der Waals surface area contributed by atoms with Crippen molar-refractivity contribution in [2.75, 3.05) is 19.6 Å². The van der Waals surface area contributed by atoms with Gasteiger partial charge in [0.1, 0.15) is 4.21 Å². The van der Waals surface area contributed by atoms with Crippen LogP contribution >= 0.6 is 11.3 Å². The zero-order valence-corrected chi connectivity index (χ0v) is 17.5. The predicted molar refractivity (Wildman–Crippen MR) is 105 cm³/mol. The molecule has 0 bridgehead atoms. The second-order valence-corrected chi connectivity index (χ2v) is 10.3. The molecular weight excluding hydrogens is 400 g/mol. The van der Waals surface area contributed by atoms with Gasteiger partial charge in [0.25, 0.3) is 10.0 Å². The van der Waals surface area contributed by atoms with Gasteiger partial charge in [-0.1, -0.05) is 13.3 Å². The molecule has 2 aliphatic rings. The molecule has 0 radical (unpaired) electrons. The number of hydrogen-bond donors (Lipinski definition) is 0.